The first-order chi connectivity index (χ1) is 13.6. The number of amides is 2. The molecule has 2 aromatic rings. The van der Waals surface area contributed by atoms with Gasteiger partial charge in [-0.15, -0.1) is 0 Å². The molecule has 0 aliphatic carbocycles. The average Bonchev–Trinajstić information content (AvgIpc) is 2.72. The fourth-order valence-corrected chi connectivity index (χ4v) is 3.35. The molecule has 0 spiro atoms. The number of nitrogens with one attached hydrogen (secondary N) is 3. The van der Waals surface area contributed by atoms with Crippen molar-refractivity contribution >= 4 is 29.1 Å². The Bertz CT molecular complexity index is 822. The highest BCUT2D eigenvalue weighted by molar-refractivity contribution is 6.31. The second-order valence-corrected chi connectivity index (χ2v) is 7.17. The van der Waals surface area contributed by atoms with E-state index >= 15 is 0 Å². The quantitative estimate of drug-likeness (QED) is 0.616. The molecule has 1 aliphatic heterocycles. The van der Waals surface area contributed by atoms with E-state index in [1.807, 2.05) is 0 Å². The van der Waals surface area contributed by atoms with Crippen LogP contribution in [0, 0.1) is 0 Å². The summed E-state index contributed by atoms with van der Waals surface area (Å²) in [6.07, 6.45) is 0.901. The number of rotatable bonds is 7. The Kier molecular flexibility index (Phi) is 7.42. The minimum absolute atomic E-state index is 0.195. The maximum absolute atomic E-state index is 12.6. The topological polar surface area (TPSA) is 71.9 Å². The highest BCUT2D eigenvalue weighted by Crippen LogP contribution is 2.17. The minimum Gasteiger partial charge on any atom is -0.370 e. The van der Waals surface area contributed by atoms with Crippen LogP contribution in [-0.4, -0.2) is 51.2 Å². The molecule has 0 radical (unpaired) electrons. The van der Waals surface area contributed by atoms with Crippen molar-refractivity contribution in [2.75, 3.05) is 44.7 Å². The van der Waals surface area contributed by atoms with Gasteiger partial charge in [0.05, 0.1) is 31.0 Å². The van der Waals surface area contributed by atoms with Crippen LogP contribution < -0.4 is 15.5 Å². The number of ether oxygens (including phenoxy) is 1. The number of anilines is 1. The molecule has 3 rings (SSSR count). The lowest BCUT2D eigenvalue weighted by molar-refractivity contribution is -0.908. The Morgan fingerprint density at radius 2 is 1.82 bits per heavy atom. The first kappa shape index (κ1) is 20.3. The van der Waals surface area contributed by atoms with Crippen LogP contribution in [0.5, 0.6) is 0 Å². The van der Waals surface area contributed by atoms with E-state index in [2.05, 4.69) is 10.6 Å². The minimum atomic E-state index is -0.307. The van der Waals surface area contributed by atoms with E-state index in [1.54, 1.807) is 48.5 Å². The molecule has 1 heterocycles. The van der Waals surface area contributed by atoms with Crippen molar-refractivity contribution in [1.29, 1.82) is 0 Å². The maximum atomic E-state index is 12.6. The molecular formula is C21H25ClN3O3+. The summed E-state index contributed by atoms with van der Waals surface area (Å²) < 4.78 is 5.35. The Labute approximate surface area is 169 Å². The van der Waals surface area contributed by atoms with Crippen molar-refractivity contribution < 1.29 is 19.2 Å². The third-order valence-electron chi connectivity index (χ3n) is 4.70. The predicted octanol–water partition coefficient (Wildman–Crippen LogP) is 1.63. The van der Waals surface area contributed by atoms with E-state index in [0.717, 1.165) is 39.3 Å². The van der Waals surface area contributed by atoms with E-state index in [-0.39, 0.29) is 11.8 Å². The molecule has 1 saturated heterocycles. The summed E-state index contributed by atoms with van der Waals surface area (Å²) in [5, 5.41) is 6.23. The predicted molar refractivity (Wildman–Crippen MR) is 109 cm³/mol. The van der Waals surface area contributed by atoms with Crippen LogP contribution in [0.15, 0.2) is 48.5 Å². The molecule has 0 atom stereocenters. The fourth-order valence-electron chi connectivity index (χ4n) is 3.16. The zero-order chi connectivity index (χ0) is 19.8. The molecule has 148 valence electrons. The number of morpholine rings is 1. The summed E-state index contributed by atoms with van der Waals surface area (Å²) >= 11 is 5.95. The molecular weight excluding hydrogens is 378 g/mol. The van der Waals surface area contributed by atoms with Crippen LogP contribution in [0.25, 0.3) is 0 Å². The van der Waals surface area contributed by atoms with Gasteiger partial charge in [-0.1, -0.05) is 29.8 Å². The lowest BCUT2D eigenvalue weighted by Gasteiger charge is -2.23. The van der Waals surface area contributed by atoms with Gasteiger partial charge in [0.2, 0.25) is 0 Å². The van der Waals surface area contributed by atoms with Gasteiger partial charge in [-0.05, 0) is 30.3 Å². The smallest absolute Gasteiger partial charge is 0.255 e. The standard InChI is InChI=1S/C21H24ClN3O3/c22-17-6-3-5-16(15-17)20(26)24-19-8-2-1-7-18(19)21(27)23-9-4-10-25-11-13-28-14-12-25/h1-3,5-8,15H,4,9-14H2,(H,23,27)(H,24,26)/p+1. The third kappa shape index (κ3) is 5.79. The second-order valence-electron chi connectivity index (χ2n) is 6.73. The van der Waals surface area contributed by atoms with Crippen LogP contribution in [0.2, 0.25) is 5.02 Å². The molecule has 1 fully saturated rings. The highest BCUT2D eigenvalue weighted by atomic mass is 35.5. The molecule has 0 bridgehead atoms. The summed E-state index contributed by atoms with van der Waals surface area (Å²) in [4.78, 5) is 26.5. The van der Waals surface area contributed by atoms with Gasteiger partial charge in [-0.3, -0.25) is 9.59 Å². The van der Waals surface area contributed by atoms with Gasteiger partial charge in [0.25, 0.3) is 11.8 Å². The summed E-state index contributed by atoms with van der Waals surface area (Å²) in [5.74, 6) is -0.502. The van der Waals surface area contributed by atoms with Crippen molar-refractivity contribution in [1.82, 2.24) is 5.32 Å². The summed E-state index contributed by atoms with van der Waals surface area (Å²) in [7, 11) is 0. The summed E-state index contributed by atoms with van der Waals surface area (Å²) in [6.45, 7) is 5.26. The van der Waals surface area contributed by atoms with E-state index in [9.17, 15) is 9.59 Å². The highest BCUT2D eigenvalue weighted by Gasteiger charge is 2.15. The maximum Gasteiger partial charge on any atom is 0.255 e. The molecule has 3 N–H and O–H groups in total. The Morgan fingerprint density at radius 3 is 2.61 bits per heavy atom. The van der Waals surface area contributed by atoms with Gasteiger partial charge in [-0.2, -0.15) is 0 Å². The van der Waals surface area contributed by atoms with Crippen molar-refractivity contribution in [2.24, 2.45) is 0 Å². The van der Waals surface area contributed by atoms with Crippen LogP contribution in [-0.2, 0) is 4.74 Å². The van der Waals surface area contributed by atoms with Gasteiger partial charge >= 0.3 is 0 Å². The van der Waals surface area contributed by atoms with Crippen molar-refractivity contribution in [3.8, 4) is 0 Å². The molecule has 7 heteroatoms. The average molecular weight is 403 g/mol. The van der Waals surface area contributed by atoms with Crippen LogP contribution >= 0.6 is 11.6 Å². The van der Waals surface area contributed by atoms with Crippen molar-refractivity contribution in [3.05, 3.63) is 64.7 Å². The van der Waals surface area contributed by atoms with E-state index < -0.39 is 0 Å². The fraction of sp³-hybridized carbons (Fsp3) is 0.333. The van der Waals surface area contributed by atoms with Gasteiger partial charge < -0.3 is 20.3 Å². The zero-order valence-corrected chi connectivity index (χ0v) is 16.4. The number of benzene rings is 2. The first-order valence-electron chi connectivity index (χ1n) is 9.49. The lowest BCUT2D eigenvalue weighted by atomic mass is 10.1. The SMILES string of the molecule is O=C(Nc1ccccc1C(=O)NCCC[NH+]1CCOCC1)c1cccc(Cl)c1. The van der Waals surface area contributed by atoms with Gasteiger partial charge in [0.1, 0.15) is 13.1 Å². The monoisotopic (exact) mass is 402 g/mol. The number of hydrogen-bond acceptors (Lipinski definition) is 3. The van der Waals surface area contributed by atoms with Crippen LogP contribution in [0.3, 0.4) is 0 Å². The number of quaternary nitrogens is 1. The third-order valence-corrected chi connectivity index (χ3v) is 4.93. The zero-order valence-electron chi connectivity index (χ0n) is 15.7. The van der Waals surface area contributed by atoms with Crippen LogP contribution in [0.4, 0.5) is 5.69 Å². The number of halogens is 1. The molecule has 0 saturated carbocycles. The van der Waals surface area contributed by atoms with Gasteiger partial charge in [0, 0.05) is 23.6 Å². The largest absolute Gasteiger partial charge is 0.370 e. The molecule has 6 nitrogen and oxygen atoms in total. The molecule has 28 heavy (non-hydrogen) atoms. The van der Waals surface area contributed by atoms with Gasteiger partial charge in [0.15, 0.2) is 0 Å². The van der Waals surface area contributed by atoms with E-state index in [4.69, 9.17) is 16.3 Å². The molecule has 0 aromatic heterocycles. The van der Waals surface area contributed by atoms with E-state index in [1.165, 1.54) is 4.90 Å². The first-order valence-corrected chi connectivity index (χ1v) is 9.87. The number of carbonyl (C=O) groups excluding carboxylic acids is 2. The molecule has 2 aromatic carbocycles. The number of para-hydroxylation sites is 1. The Morgan fingerprint density at radius 1 is 1.04 bits per heavy atom. The van der Waals surface area contributed by atoms with Crippen molar-refractivity contribution in [2.45, 2.75) is 6.42 Å². The molecule has 2 amide bonds. The molecule has 1 aliphatic rings. The summed E-state index contributed by atoms with van der Waals surface area (Å²) in [5.41, 5.74) is 1.36. The van der Waals surface area contributed by atoms with Gasteiger partial charge in [-0.25, -0.2) is 0 Å². The Balaban J connectivity index is 1.55. The lowest BCUT2D eigenvalue weighted by Crippen LogP contribution is -3.14. The van der Waals surface area contributed by atoms with E-state index in [0.29, 0.717) is 28.4 Å². The molecule has 0 unspecified atom stereocenters. The Hall–Kier alpha value is -2.41. The second kappa shape index (κ2) is 10.2. The normalized spacial score (nSPS) is 14.5. The number of carbonyl (C=O) groups is 2. The summed E-state index contributed by atoms with van der Waals surface area (Å²) in [6, 6.07) is 13.7. The van der Waals surface area contributed by atoms with Crippen LogP contribution in [0.1, 0.15) is 27.1 Å². The van der Waals surface area contributed by atoms with Crippen molar-refractivity contribution in [3.63, 3.8) is 0 Å². The number of hydrogen-bond donors (Lipinski definition) is 3.